The number of benzene rings is 1. The summed E-state index contributed by atoms with van der Waals surface area (Å²) in [5.74, 6) is 0. The van der Waals surface area contributed by atoms with Gasteiger partial charge in [-0.2, -0.15) is 0 Å². The summed E-state index contributed by atoms with van der Waals surface area (Å²) in [7, 11) is 0. The van der Waals surface area contributed by atoms with Crippen LogP contribution in [-0.4, -0.2) is 13.2 Å². The normalized spacial score (nSPS) is 10.6. The third-order valence-electron chi connectivity index (χ3n) is 2.00. The molecule has 0 spiro atoms. The minimum atomic E-state index is 0.569. The maximum Gasteiger partial charge on any atom is 0.0717 e. The molecule has 1 aromatic rings. The molecule has 0 heterocycles. The molecule has 0 fully saturated rings. The van der Waals surface area contributed by atoms with E-state index in [1.54, 1.807) is 6.07 Å². The van der Waals surface area contributed by atoms with E-state index in [1.165, 1.54) is 0 Å². The SMILES string of the molecule is NCCCCOCc1ccc(Cl)c(Cl)c1. The molecule has 0 amide bonds. The third-order valence-corrected chi connectivity index (χ3v) is 2.73. The fourth-order valence-electron chi connectivity index (χ4n) is 1.17. The Bertz CT molecular complexity index is 305. The van der Waals surface area contributed by atoms with Gasteiger partial charge in [0.2, 0.25) is 0 Å². The van der Waals surface area contributed by atoms with E-state index in [4.69, 9.17) is 33.7 Å². The predicted molar refractivity (Wildman–Crippen MR) is 64.4 cm³/mol. The van der Waals surface area contributed by atoms with Crippen molar-refractivity contribution in [3.63, 3.8) is 0 Å². The lowest BCUT2D eigenvalue weighted by Crippen LogP contribution is -2.01. The van der Waals surface area contributed by atoms with Crippen molar-refractivity contribution in [1.29, 1.82) is 0 Å². The van der Waals surface area contributed by atoms with Gasteiger partial charge < -0.3 is 10.5 Å². The van der Waals surface area contributed by atoms with Crippen molar-refractivity contribution < 1.29 is 4.74 Å². The largest absolute Gasteiger partial charge is 0.377 e. The quantitative estimate of drug-likeness (QED) is 0.784. The first-order valence-corrected chi connectivity index (χ1v) is 5.71. The highest BCUT2D eigenvalue weighted by molar-refractivity contribution is 6.41. The van der Waals surface area contributed by atoms with Crippen LogP contribution >= 0.6 is 23.2 Å². The number of nitrogens with two attached hydrogens (primary N) is 1. The van der Waals surface area contributed by atoms with E-state index in [1.807, 2.05) is 12.1 Å². The van der Waals surface area contributed by atoms with Gasteiger partial charge in [0.05, 0.1) is 16.7 Å². The van der Waals surface area contributed by atoms with Crippen molar-refractivity contribution in [1.82, 2.24) is 0 Å². The van der Waals surface area contributed by atoms with Gasteiger partial charge in [-0.25, -0.2) is 0 Å². The van der Waals surface area contributed by atoms with Crippen LogP contribution in [0.1, 0.15) is 18.4 Å². The molecule has 0 saturated heterocycles. The summed E-state index contributed by atoms with van der Waals surface area (Å²) in [5.41, 5.74) is 6.41. The standard InChI is InChI=1S/C11H15Cl2NO/c12-10-4-3-9(7-11(10)13)8-15-6-2-1-5-14/h3-4,7H,1-2,5-6,8,14H2. The minimum Gasteiger partial charge on any atom is -0.377 e. The van der Waals surface area contributed by atoms with Crippen LogP contribution in [-0.2, 0) is 11.3 Å². The number of unbranched alkanes of at least 4 members (excludes halogenated alkanes) is 1. The fraction of sp³-hybridized carbons (Fsp3) is 0.455. The molecule has 0 saturated carbocycles. The summed E-state index contributed by atoms with van der Waals surface area (Å²) in [5, 5.41) is 1.14. The number of ether oxygens (including phenoxy) is 1. The molecule has 4 heteroatoms. The van der Waals surface area contributed by atoms with Crippen LogP contribution in [0.15, 0.2) is 18.2 Å². The van der Waals surface area contributed by atoms with Crippen LogP contribution in [0, 0.1) is 0 Å². The molecule has 84 valence electrons. The topological polar surface area (TPSA) is 35.2 Å². The fourth-order valence-corrected chi connectivity index (χ4v) is 1.49. The molecule has 0 aliphatic rings. The molecule has 0 bridgehead atoms. The molecule has 0 aromatic heterocycles. The van der Waals surface area contributed by atoms with Gasteiger partial charge >= 0.3 is 0 Å². The van der Waals surface area contributed by atoms with Gasteiger partial charge in [0.1, 0.15) is 0 Å². The summed E-state index contributed by atoms with van der Waals surface area (Å²) < 4.78 is 5.46. The molecule has 1 rings (SSSR count). The second-order valence-electron chi connectivity index (χ2n) is 3.30. The average molecular weight is 248 g/mol. The summed E-state index contributed by atoms with van der Waals surface area (Å²) in [6, 6.07) is 5.52. The van der Waals surface area contributed by atoms with E-state index in [0.29, 0.717) is 16.7 Å². The number of hydrogen-bond donors (Lipinski definition) is 1. The van der Waals surface area contributed by atoms with Crippen LogP contribution < -0.4 is 5.73 Å². The van der Waals surface area contributed by atoms with E-state index < -0.39 is 0 Å². The highest BCUT2D eigenvalue weighted by atomic mass is 35.5. The molecular formula is C11H15Cl2NO. The lowest BCUT2D eigenvalue weighted by molar-refractivity contribution is 0.117. The van der Waals surface area contributed by atoms with Crippen molar-refractivity contribution in [2.75, 3.05) is 13.2 Å². The van der Waals surface area contributed by atoms with Gasteiger partial charge in [0, 0.05) is 6.61 Å². The Hall–Kier alpha value is -0.280. The summed E-state index contributed by atoms with van der Waals surface area (Å²) >= 11 is 11.7. The van der Waals surface area contributed by atoms with E-state index in [2.05, 4.69) is 0 Å². The summed E-state index contributed by atoms with van der Waals surface area (Å²) in [6.07, 6.45) is 2.00. The molecule has 2 N–H and O–H groups in total. The van der Waals surface area contributed by atoms with E-state index in [0.717, 1.165) is 31.6 Å². The lowest BCUT2D eigenvalue weighted by atomic mass is 10.2. The maximum absolute atomic E-state index is 5.87. The Balaban J connectivity index is 2.28. The average Bonchev–Trinajstić information content (AvgIpc) is 2.23. The number of rotatable bonds is 6. The van der Waals surface area contributed by atoms with Crippen LogP contribution in [0.25, 0.3) is 0 Å². The number of halogens is 2. The van der Waals surface area contributed by atoms with Crippen LogP contribution in [0.2, 0.25) is 10.0 Å². The highest BCUT2D eigenvalue weighted by Crippen LogP contribution is 2.22. The Morgan fingerprint density at radius 3 is 2.60 bits per heavy atom. The van der Waals surface area contributed by atoms with Gasteiger partial charge in [0.15, 0.2) is 0 Å². The summed E-state index contributed by atoms with van der Waals surface area (Å²) in [4.78, 5) is 0. The summed E-state index contributed by atoms with van der Waals surface area (Å²) in [6.45, 7) is 2.02. The van der Waals surface area contributed by atoms with E-state index in [9.17, 15) is 0 Å². The molecule has 2 nitrogen and oxygen atoms in total. The van der Waals surface area contributed by atoms with Crippen molar-refractivity contribution in [3.05, 3.63) is 33.8 Å². The second kappa shape index (κ2) is 7.07. The maximum atomic E-state index is 5.87. The molecule has 0 atom stereocenters. The molecular weight excluding hydrogens is 233 g/mol. The molecule has 0 unspecified atom stereocenters. The van der Waals surface area contributed by atoms with Crippen LogP contribution in [0.3, 0.4) is 0 Å². The first kappa shape index (κ1) is 12.8. The monoisotopic (exact) mass is 247 g/mol. The first-order chi connectivity index (χ1) is 7.24. The van der Waals surface area contributed by atoms with Crippen molar-refractivity contribution >= 4 is 23.2 Å². The second-order valence-corrected chi connectivity index (χ2v) is 4.11. The molecule has 0 radical (unpaired) electrons. The van der Waals surface area contributed by atoms with Gasteiger partial charge in [-0.15, -0.1) is 0 Å². The molecule has 0 aliphatic heterocycles. The van der Waals surface area contributed by atoms with Gasteiger partial charge in [0.25, 0.3) is 0 Å². The van der Waals surface area contributed by atoms with Crippen LogP contribution in [0.4, 0.5) is 0 Å². The van der Waals surface area contributed by atoms with Crippen molar-refractivity contribution in [2.45, 2.75) is 19.4 Å². The van der Waals surface area contributed by atoms with Gasteiger partial charge in [-0.05, 0) is 37.1 Å². The van der Waals surface area contributed by atoms with Gasteiger partial charge in [-0.1, -0.05) is 29.3 Å². The Kier molecular flexibility index (Phi) is 6.03. The van der Waals surface area contributed by atoms with E-state index >= 15 is 0 Å². The Morgan fingerprint density at radius 1 is 1.13 bits per heavy atom. The number of hydrogen-bond acceptors (Lipinski definition) is 2. The van der Waals surface area contributed by atoms with Crippen molar-refractivity contribution in [3.8, 4) is 0 Å². The molecule has 15 heavy (non-hydrogen) atoms. The van der Waals surface area contributed by atoms with E-state index in [-0.39, 0.29) is 0 Å². The third kappa shape index (κ3) is 4.85. The predicted octanol–water partition coefficient (Wildman–Crippen LogP) is 3.25. The zero-order valence-corrected chi connectivity index (χ0v) is 10.0. The highest BCUT2D eigenvalue weighted by Gasteiger charge is 1.99. The molecule has 0 aliphatic carbocycles. The first-order valence-electron chi connectivity index (χ1n) is 4.96. The molecule has 1 aromatic carbocycles. The van der Waals surface area contributed by atoms with Crippen molar-refractivity contribution in [2.24, 2.45) is 5.73 Å². The van der Waals surface area contributed by atoms with Gasteiger partial charge in [-0.3, -0.25) is 0 Å². The Morgan fingerprint density at radius 2 is 1.93 bits per heavy atom. The Labute approximate surface area is 100 Å². The zero-order chi connectivity index (χ0) is 11.1. The van der Waals surface area contributed by atoms with Crippen LogP contribution in [0.5, 0.6) is 0 Å². The smallest absolute Gasteiger partial charge is 0.0717 e. The lowest BCUT2D eigenvalue weighted by Gasteiger charge is -2.05. The zero-order valence-electron chi connectivity index (χ0n) is 8.51. The minimum absolute atomic E-state index is 0.569.